The van der Waals surface area contributed by atoms with Gasteiger partial charge in [-0.1, -0.05) is 54.6 Å². The minimum Gasteiger partial charge on any atom is -0.394 e. The highest BCUT2D eigenvalue weighted by Gasteiger charge is 2.15. The molecule has 0 spiro atoms. The fraction of sp³-hybridized carbons (Fsp3) is 0.150. The molecule has 2 N–H and O–H groups in total. The number of hydrogen-bond acceptors (Lipinski definition) is 2. The van der Waals surface area contributed by atoms with E-state index < -0.39 is 11.9 Å². The fourth-order valence-corrected chi connectivity index (χ4v) is 2.72. The summed E-state index contributed by atoms with van der Waals surface area (Å²) in [4.78, 5) is 12.2. The van der Waals surface area contributed by atoms with Crippen LogP contribution in [0.4, 0.5) is 4.39 Å². The lowest BCUT2D eigenvalue weighted by molar-refractivity contribution is -0.121. The van der Waals surface area contributed by atoms with E-state index >= 15 is 0 Å². The average molecular weight is 323 g/mol. The summed E-state index contributed by atoms with van der Waals surface area (Å²) in [5, 5.41) is 14.5. The molecule has 3 nitrogen and oxygen atoms in total. The molecule has 0 radical (unpaired) electrons. The van der Waals surface area contributed by atoms with Crippen molar-refractivity contribution in [3.05, 3.63) is 83.7 Å². The fourth-order valence-electron chi connectivity index (χ4n) is 2.72. The zero-order valence-corrected chi connectivity index (χ0v) is 13.1. The van der Waals surface area contributed by atoms with Gasteiger partial charge in [-0.05, 0) is 34.0 Å². The lowest BCUT2D eigenvalue weighted by Crippen LogP contribution is -2.32. The van der Waals surface area contributed by atoms with Gasteiger partial charge in [-0.3, -0.25) is 4.79 Å². The van der Waals surface area contributed by atoms with Crippen LogP contribution in [0.15, 0.2) is 66.7 Å². The molecule has 122 valence electrons. The molecule has 24 heavy (non-hydrogen) atoms. The van der Waals surface area contributed by atoms with Crippen molar-refractivity contribution in [2.45, 2.75) is 12.5 Å². The van der Waals surface area contributed by atoms with Crippen molar-refractivity contribution in [2.75, 3.05) is 6.61 Å². The third-order valence-electron chi connectivity index (χ3n) is 4.00. The molecule has 4 heteroatoms. The Kier molecular flexibility index (Phi) is 4.87. The number of aliphatic hydroxyl groups is 1. The van der Waals surface area contributed by atoms with Gasteiger partial charge < -0.3 is 10.4 Å². The van der Waals surface area contributed by atoms with Crippen LogP contribution in [0.25, 0.3) is 10.8 Å². The summed E-state index contributed by atoms with van der Waals surface area (Å²) < 4.78 is 13.6. The van der Waals surface area contributed by atoms with Crippen molar-refractivity contribution in [3.63, 3.8) is 0 Å². The highest BCUT2D eigenvalue weighted by Crippen LogP contribution is 2.20. The number of fused-ring (bicyclic) bond motifs is 1. The lowest BCUT2D eigenvalue weighted by atomic mass is 10.0. The smallest absolute Gasteiger partial charge is 0.225 e. The van der Waals surface area contributed by atoms with Gasteiger partial charge in [0.2, 0.25) is 5.91 Å². The molecule has 0 aliphatic carbocycles. The number of carbonyl (C=O) groups is 1. The standard InChI is InChI=1S/C20H18FNO2/c21-18-8-4-3-7-16(18)12-20(24)22-19(13-23)17-10-9-14-5-1-2-6-15(14)11-17/h1-11,19,23H,12-13H2,(H,22,24). The number of hydrogen-bond donors (Lipinski definition) is 2. The number of benzene rings is 3. The summed E-state index contributed by atoms with van der Waals surface area (Å²) in [5.74, 6) is -0.730. The van der Waals surface area contributed by atoms with Gasteiger partial charge in [0.25, 0.3) is 0 Å². The number of aliphatic hydroxyl groups excluding tert-OH is 1. The molecule has 0 aliphatic rings. The molecule has 0 heterocycles. The van der Waals surface area contributed by atoms with E-state index in [0.717, 1.165) is 16.3 Å². The maximum atomic E-state index is 13.6. The highest BCUT2D eigenvalue weighted by atomic mass is 19.1. The Labute approximate surface area is 139 Å². The summed E-state index contributed by atoms with van der Waals surface area (Å²) in [6, 6.07) is 19.3. The first kappa shape index (κ1) is 16.1. The summed E-state index contributed by atoms with van der Waals surface area (Å²) in [7, 11) is 0. The van der Waals surface area contributed by atoms with Crippen LogP contribution in [0.1, 0.15) is 17.2 Å². The molecule has 0 aliphatic heterocycles. The van der Waals surface area contributed by atoms with Crippen LogP contribution >= 0.6 is 0 Å². The van der Waals surface area contributed by atoms with Crippen LogP contribution in [0, 0.1) is 5.82 Å². The molecule has 0 saturated carbocycles. The minimum absolute atomic E-state index is 0.0588. The van der Waals surface area contributed by atoms with Crippen LogP contribution in [-0.4, -0.2) is 17.6 Å². The first-order chi connectivity index (χ1) is 11.7. The van der Waals surface area contributed by atoms with E-state index in [1.165, 1.54) is 6.07 Å². The lowest BCUT2D eigenvalue weighted by Gasteiger charge is -2.17. The molecule has 0 aromatic heterocycles. The van der Waals surface area contributed by atoms with E-state index in [-0.39, 0.29) is 18.9 Å². The van der Waals surface area contributed by atoms with Crippen molar-refractivity contribution < 1.29 is 14.3 Å². The van der Waals surface area contributed by atoms with E-state index in [2.05, 4.69) is 5.32 Å². The Hall–Kier alpha value is -2.72. The molecule has 1 atom stereocenters. The molecule has 0 saturated heterocycles. The molecule has 3 aromatic carbocycles. The van der Waals surface area contributed by atoms with Crippen LogP contribution in [0.3, 0.4) is 0 Å². The topological polar surface area (TPSA) is 49.3 Å². The Bertz CT molecular complexity index is 863. The van der Waals surface area contributed by atoms with E-state index in [1.54, 1.807) is 18.2 Å². The first-order valence-electron chi connectivity index (χ1n) is 7.79. The highest BCUT2D eigenvalue weighted by molar-refractivity contribution is 5.83. The number of halogens is 1. The van der Waals surface area contributed by atoms with Crippen molar-refractivity contribution in [3.8, 4) is 0 Å². The summed E-state index contributed by atoms with van der Waals surface area (Å²) in [6.07, 6.45) is -0.0588. The molecule has 1 unspecified atom stereocenters. The molecule has 1 amide bonds. The maximum Gasteiger partial charge on any atom is 0.225 e. The molecule has 3 rings (SSSR count). The number of amides is 1. The van der Waals surface area contributed by atoms with Gasteiger partial charge in [-0.25, -0.2) is 4.39 Å². The third-order valence-corrected chi connectivity index (χ3v) is 4.00. The zero-order valence-electron chi connectivity index (χ0n) is 13.1. The Balaban J connectivity index is 1.75. The van der Waals surface area contributed by atoms with Crippen molar-refractivity contribution in [1.82, 2.24) is 5.32 Å². The predicted octanol–water partition coefficient (Wildman–Crippen LogP) is 3.37. The average Bonchev–Trinajstić information content (AvgIpc) is 2.61. The van der Waals surface area contributed by atoms with Crippen molar-refractivity contribution in [1.29, 1.82) is 0 Å². The van der Waals surface area contributed by atoms with E-state index in [0.29, 0.717) is 5.56 Å². The van der Waals surface area contributed by atoms with Gasteiger partial charge in [0.15, 0.2) is 0 Å². The Morgan fingerprint density at radius 3 is 2.46 bits per heavy atom. The first-order valence-corrected chi connectivity index (χ1v) is 7.79. The molecule has 0 fully saturated rings. The third kappa shape index (κ3) is 3.60. The normalized spacial score (nSPS) is 12.1. The SMILES string of the molecule is O=C(Cc1ccccc1F)NC(CO)c1ccc2ccccc2c1. The van der Waals surface area contributed by atoms with E-state index in [4.69, 9.17) is 0 Å². The molecular weight excluding hydrogens is 305 g/mol. The Morgan fingerprint density at radius 2 is 1.71 bits per heavy atom. The van der Waals surface area contributed by atoms with Gasteiger partial charge in [-0.15, -0.1) is 0 Å². The molecular formula is C20H18FNO2. The Morgan fingerprint density at radius 1 is 1.00 bits per heavy atom. The summed E-state index contributed by atoms with van der Waals surface area (Å²) >= 11 is 0. The van der Waals surface area contributed by atoms with Gasteiger partial charge in [0.1, 0.15) is 5.82 Å². The second-order valence-electron chi connectivity index (χ2n) is 5.68. The van der Waals surface area contributed by atoms with Crippen molar-refractivity contribution in [2.24, 2.45) is 0 Å². The van der Waals surface area contributed by atoms with Crippen molar-refractivity contribution >= 4 is 16.7 Å². The zero-order chi connectivity index (χ0) is 16.9. The number of rotatable bonds is 5. The minimum atomic E-state index is -0.520. The van der Waals surface area contributed by atoms with Gasteiger partial charge >= 0.3 is 0 Å². The monoisotopic (exact) mass is 323 g/mol. The van der Waals surface area contributed by atoms with Gasteiger partial charge in [-0.2, -0.15) is 0 Å². The quantitative estimate of drug-likeness (QED) is 0.756. The van der Waals surface area contributed by atoms with Crippen LogP contribution in [0.2, 0.25) is 0 Å². The van der Waals surface area contributed by atoms with Crippen LogP contribution in [-0.2, 0) is 11.2 Å². The molecule has 3 aromatic rings. The van der Waals surface area contributed by atoms with Gasteiger partial charge in [0, 0.05) is 0 Å². The van der Waals surface area contributed by atoms with Gasteiger partial charge in [0.05, 0.1) is 19.1 Å². The summed E-state index contributed by atoms with van der Waals surface area (Å²) in [5.41, 5.74) is 1.16. The van der Waals surface area contributed by atoms with Crippen LogP contribution in [0.5, 0.6) is 0 Å². The number of nitrogens with one attached hydrogen (secondary N) is 1. The predicted molar refractivity (Wildman–Crippen MR) is 92.0 cm³/mol. The molecule has 0 bridgehead atoms. The number of carbonyl (C=O) groups excluding carboxylic acids is 1. The van der Waals surface area contributed by atoms with E-state index in [1.807, 2.05) is 42.5 Å². The maximum absolute atomic E-state index is 13.6. The van der Waals surface area contributed by atoms with E-state index in [9.17, 15) is 14.3 Å². The van der Waals surface area contributed by atoms with Crippen LogP contribution < -0.4 is 5.32 Å². The summed E-state index contributed by atoms with van der Waals surface area (Å²) in [6.45, 7) is -0.221. The largest absolute Gasteiger partial charge is 0.394 e. The second-order valence-corrected chi connectivity index (χ2v) is 5.68. The second kappa shape index (κ2) is 7.23.